The van der Waals surface area contributed by atoms with Gasteiger partial charge in [-0.05, 0) is 42.7 Å². The number of carbonyl (C=O) groups excluding carboxylic acids is 1. The fraction of sp³-hybridized carbons (Fsp3) is 0.316. The van der Waals surface area contributed by atoms with Crippen LogP contribution in [0.15, 0.2) is 42.5 Å². The van der Waals surface area contributed by atoms with E-state index in [9.17, 15) is 9.18 Å². The molecule has 0 saturated heterocycles. The molecule has 3 nitrogen and oxygen atoms in total. The second-order valence-electron chi connectivity index (χ2n) is 6.02. The molecule has 0 aromatic heterocycles. The van der Waals surface area contributed by atoms with E-state index in [0.717, 1.165) is 18.4 Å². The van der Waals surface area contributed by atoms with Crippen molar-refractivity contribution in [3.63, 3.8) is 0 Å². The Morgan fingerprint density at radius 2 is 1.92 bits per heavy atom. The van der Waals surface area contributed by atoms with E-state index < -0.39 is 0 Å². The molecule has 126 valence electrons. The zero-order valence-electron chi connectivity index (χ0n) is 13.5. The predicted octanol–water partition coefficient (Wildman–Crippen LogP) is 4.43. The molecule has 5 heteroatoms. The fourth-order valence-corrected chi connectivity index (χ4v) is 2.96. The normalized spacial score (nSPS) is 14.0. The van der Waals surface area contributed by atoms with Crippen molar-refractivity contribution in [1.29, 1.82) is 0 Å². The van der Waals surface area contributed by atoms with Gasteiger partial charge in [-0.25, -0.2) is 9.18 Å². The number of benzene rings is 2. The van der Waals surface area contributed by atoms with Crippen molar-refractivity contribution >= 4 is 17.6 Å². The molecule has 2 aromatic carbocycles. The average molecular weight is 348 g/mol. The molecule has 2 aromatic rings. The van der Waals surface area contributed by atoms with E-state index in [1.807, 2.05) is 12.1 Å². The first-order valence-electron chi connectivity index (χ1n) is 7.92. The lowest BCUT2D eigenvalue weighted by atomic mass is 10.1. The van der Waals surface area contributed by atoms with E-state index in [1.54, 1.807) is 24.3 Å². The van der Waals surface area contributed by atoms with Gasteiger partial charge in [0.2, 0.25) is 0 Å². The minimum atomic E-state index is -0.348. The van der Waals surface area contributed by atoms with Gasteiger partial charge in [-0.3, -0.25) is 4.90 Å². The second kappa shape index (κ2) is 7.32. The first kappa shape index (κ1) is 16.9. The lowest BCUT2D eigenvalue weighted by Gasteiger charge is -2.23. The van der Waals surface area contributed by atoms with E-state index in [0.29, 0.717) is 35.3 Å². The van der Waals surface area contributed by atoms with Crippen molar-refractivity contribution in [1.82, 2.24) is 4.90 Å². The van der Waals surface area contributed by atoms with Crippen LogP contribution >= 0.6 is 11.6 Å². The number of esters is 1. The Bertz CT molecular complexity index is 708. The van der Waals surface area contributed by atoms with Crippen LogP contribution < -0.4 is 0 Å². The molecule has 1 saturated carbocycles. The number of methoxy groups -OCH3 is 1. The van der Waals surface area contributed by atoms with Crippen LogP contribution in [-0.4, -0.2) is 24.0 Å². The SMILES string of the molecule is COC(=O)c1ccc(CN(Cc2c(F)cccc2Cl)C2CC2)cc1. The maximum absolute atomic E-state index is 14.1. The van der Waals surface area contributed by atoms with E-state index in [2.05, 4.69) is 4.90 Å². The standard InChI is InChI=1S/C19H19ClFNO2/c1-24-19(23)14-7-5-13(6-8-14)11-22(15-9-10-15)12-16-17(20)3-2-4-18(16)21/h2-8,15H,9-12H2,1H3. The second-order valence-corrected chi connectivity index (χ2v) is 6.43. The molecule has 0 radical (unpaired) electrons. The molecule has 1 fully saturated rings. The summed E-state index contributed by atoms with van der Waals surface area (Å²) in [6, 6.07) is 12.6. The third-order valence-corrected chi connectivity index (χ3v) is 4.60. The maximum atomic E-state index is 14.1. The van der Waals surface area contributed by atoms with Crippen molar-refractivity contribution < 1.29 is 13.9 Å². The summed E-state index contributed by atoms with van der Waals surface area (Å²) in [7, 11) is 1.36. The summed E-state index contributed by atoms with van der Waals surface area (Å²) in [5, 5.41) is 0.460. The zero-order valence-corrected chi connectivity index (χ0v) is 14.2. The van der Waals surface area contributed by atoms with Crippen molar-refractivity contribution in [2.75, 3.05) is 7.11 Å². The van der Waals surface area contributed by atoms with Crippen LogP contribution in [-0.2, 0) is 17.8 Å². The van der Waals surface area contributed by atoms with E-state index in [4.69, 9.17) is 16.3 Å². The highest BCUT2D eigenvalue weighted by molar-refractivity contribution is 6.31. The molecule has 3 rings (SSSR count). The van der Waals surface area contributed by atoms with Crippen LogP contribution in [0.3, 0.4) is 0 Å². The van der Waals surface area contributed by atoms with Gasteiger partial charge < -0.3 is 4.74 Å². The fourth-order valence-electron chi connectivity index (χ4n) is 2.74. The Hall–Kier alpha value is -1.91. The number of hydrogen-bond donors (Lipinski definition) is 0. The Balaban J connectivity index is 1.74. The molecule has 0 bridgehead atoms. The summed E-state index contributed by atoms with van der Waals surface area (Å²) in [5.74, 6) is -0.618. The smallest absolute Gasteiger partial charge is 0.337 e. The van der Waals surface area contributed by atoms with Crippen LogP contribution in [0.2, 0.25) is 5.02 Å². The van der Waals surface area contributed by atoms with Crippen LogP contribution in [0.5, 0.6) is 0 Å². The van der Waals surface area contributed by atoms with E-state index in [1.165, 1.54) is 13.2 Å². The van der Waals surface area contributed by atoms with Gasteiger partial charge in [-0.15, -0.1) is 0 Å². The van der Waals surface area contributed by atoms with Gasteiger partial charge in [0.05, 0.1) is 12.7 Å². The number of hydrogen-bond acceptors (Lipinski definition) is 3. The molecule has 0 spiro atoms. The lowest BCUT2D eigenvalue weighted by Crippen LogP contribution is -2.25. The van der Waals surface area contributed by atoms with Crippen LogP contribution in [0.1, 0.15) is 34.3 Å². The molecule has 0 atom stereocenters. The Kier molecular flexibility index (Phi) is 5.17. The highest BCUT2D eigenvalue weighted by Crippen LogP contribution is 2.32. The Morgan fingerprint density at radius 3 is 2.50 bits per heavy atom. The number of rotatable bonds is 6. The highest BCUT2D eigenvalue weighted by Gasteiger charge is 2.30. The Morgan fingerprint density at radius 1 is 1.21 bits per heavy atom. The number of nitrogens with zero attached hydrogens (tertiary/aromatic N) is 1. The van der Waals surface area contributed by atoms with Crippen molar-refractivity contribution in [2.45, 2.75) is 32.0 Å². The van der Waals surface area contributed by atoms with Crippen molar-refractivity contribution in [2.24, 2.45) is 0 Å². The number of carbonyl (C=O) groups is 1. The molecule has 24 heavy (non-hydrogen) atoms. The average Bonchev–Trinajstić information content (AvgIpc) is 3.42. The van der Waals surface area contributed by atoms with Crippen LogP contribution in [0.25, 0.3) is 0 Å². The third-order valence-electron chi connectivity index (χ3n) is 4.25. The lowest BCUT2D eigenvalue weighted by molar-refractivity contribution is 0.0600. The first-order chi connectivity index (χ1) is 11.6. The number of halogens is 2. The van der Waals surface area contributed by atoms with Crippen LogP contribution in [0.4, 0.5) is 4.39 Å². The summed E-state index contributed by atoms with van der Waals surface area (Å²) in [4.78, 5) is 13.7. The van der Waals surface area contributed by atoms with Gasteiger partial charge in [0, 0.05) is 29.7 Å². The first-order valence-corrected chi connectivity index (χ1v) is 8.30. The molecule has 0 N–H and O–H groups in total. The van der Waals surface area contributed by atoms with Gasteiger partial charge in [-0.1, -0.05) is 29.8 Å². The summed E-state index contributed by atoms with van der Waals surface area (Å²) < 4.78 is 18.8. The molecule has 0 unspecified atom stereocenters. The van der Waals surface area contributed by atoms with Crippen LogP contribution in [0, 0.1) is 5.82 Å². The van der Waals surface area contributed by atoms with E-state index in [-0.39, 0.29) is 11.8 Å². The molecule has 0 aliphatic heterocycles. The molecule has 1 aliphatic rings. The van der Waals surface area contributed by atoms with Gasteiger partial charge in [0.15, 0.2) is 0 Å². The van der Waals surface area contributed by atoms with E-state index >= 15 is 0 Å². The monoisotopic (exact) mass is 347 g/mol. The van der Waals surface area contributed by atoms with Crippen molar-refractivity contribution in [3.8, 4) is 0 Å². The summed E-state index contributed by atoms with van der Waals surface area (Å²) in [5.41, 5.74) is 2.13. The zero-order chi connectivity index (χ0) is 17.1. The molecular formula is C19H19ClFNO2. The molecule has 1 aliphatic carbocycles. The van der Waals surface area contributed by atoms with Gasteiger partial charge >= 0.3 is 5.97 Å². The Labute approximate surface area is 146 Å². The minimum Gasteiger partial charge on any atom is -0.465 e. The predicted molar refractivity (Wildman–Crippen MR) is 91.5 cm³/mol. The quantitative estimate of drug-likeness (QED) is 0.724. The van der Waals surface area contributed by atoms with Gasteiger partial charge in [-0.2, -0.15) is 0 Å². The third kappa shape index (κ3) is 3.94. The van der Waals surface area contributed by atoms with Gasteiger partial charge in [0.25, 0.3) is 0 Å². The largest absolute Gasteiger partial charge is 0.465 e. The highest BCUT2D eigenvalue weighted by atomic mass is 35.5. The molecule has 0 amide bonds. The molecule has 0 heterocycles. The van der Waals surface area contributed by atoms with Gasteiger partial charge in [0.1, 0.15) is 5.82 Å². The summed E-state index contributed by atoms with van der Waals surface area (Å²) in [6.45, 7) is 1.17. The topological polar surface area (TPSA) is 29.5 Å². The summed E-state index contributed by atoms with van der Waals surface area (Å²) in [6.07, 6.45) is 2.23. The number of ether oxygens (including phenoxy) is 1. The molecular weight excluding hydrogens is 329 g/mol. The maximum Gasteiger partial charge on any atom is 0.337 e. The minimum absolute atomic E-state index is 0.269. The van der Waals surface area contributed by atoms with Crippen molar-refractivity contribution in [3.05, 3.63) is 70.0 Å². The summed E-state index contributed by atoms with van der Waals surface area (Å²) >= 11 is 6.16.